The fourth-order valence-electron chi connectivity index (χ4n) is 3.13. The fraction of sp³-hybridized carbons (Fsp3) is 0.174. The smallest absolute Gasteiger partial charge is 0.275 e. The minimum absolute atomic E-state index is 0.0477. The quantitative estimate of drug-likeness (QED) is 0.265. The monoisotopic (exact) mass is 483 g/mol. The second-order valence-electron chi connectivity index (χ2n) is 7.49. The molecule has 2 aromatic carbocycles. The van der Waals surface area contributed by atoms with Crippen LogP contribution in [0.25, 0.3) is 0 Å². The van der Waals surface area contributed by atoms with E-state index in [4.69, 9.17) is 15.9 Å². The number of aromatic nitrogens is 1. The van der Waals surface area contributed by atoms with Gasteiger partial charge in [0.25, 0.3) is 15.6 Å². The predicted octanol–water partition coefficient (Wildman–Crippen LogP) is 1.24. The summed E-state index contributed by atoms with van der Waals surface area (Å²) in [5.41, 5.74) is 6.88. The number of nitrogens with one attached hydrogen (secondary N) is 3. The highest BCUT2D eigenvalue weighted by Crippen LogP contribution is 2.17. The SMILES string of the molecule is COc1cccc(S(=O)(=O)Nn2ccc(C)c(CC(=O)NCc3ccc(C(=N)N)cc3)c2=O)c1. The van der Waals surface area contributed by atoms with Crippen LogP contribution in [-0.2, 0) is 27.8 Å². The Morgan fingerprint density at radius 1 is 1.15 bits per heavy atom. The Bertz CT molecular complexity index is 1380. The van der Waals surface area contributed by atoms with Crippen molar-refractivity contribution in [1.82, 2.24) is 9.99 Å². The van der Waals surface area contributed by atoms with Crippen molar-refractivity contribution in [2.45, 2.75) is 24.8 Å². The predicted molar refractivity (Wildman–Crippen MR) is 128 cm³/mol. The van der Waals surface area contributed by atoms with Crippen LogP contribution in [0, 0.1) is 12.3 Å². The molecule has 0 aliphatic carbocycles. The number of aryl methyl sites for hydroxylation is 1. The first-order valence-electron chi connectivity index (χ1n) is 10.2. The molecule has 0 bridgehead atoms. The minimum atomic E-state index is -4.07. The molecular weight excluding hydrogens is 458 g/mol. The van der Waals surface area contributed by atoms with Crippen molar-refractivity contribution in [1.29, 1.82) is 5.41 Å². The van der Waals surface area contributed by atoms with E-state index in [0.717, 1.165) is 10.2 Å². The van der Waals surface area contributed by atoms with Gasteiger partial charge < -0.3 is 15.8 Å². The van der Waals surface area contributed by atoms with Gasteiger partial charge in [-0.1, -0.05) is 30.3 Å². The summed E-state index contributed by atoms with van der Waals surface area (Å²) in [6.45, 7) is 1.89. The van der Waals surface area contributed by atoms with Crippen LogP contribution in [0.15, 0.2) is 70.5 Å². The lowest BCUT2D eigenvalue weighted by Gasteiger charge is -2.14. The molecule has 0 saturated heterocycles. The van der Waals surface area contributed by atoms with Crippen molar-refractivity contribution in [3.05, 3.63) is 93.4 Å². The molecule has 0 fully saturated rings. The van der Waals surface area contributed by atoms with E-state index in [1.807, 2.05) is 0 Å². The van der Waals surface area contributed by atoms with Crippen LogP contribution in [0.1, 0.15) is 22.3 Å². The van der Waals surface area contributed by atoms with E-state index in [1.165, 1.54) is 31.5 Å². The van der Waals surface area contributed by atoms with Gasteiger partial charge in [-0.3, -0.25) is 15.0 Å². The van der Waals surface area contributed by atoms with Crippen molar-refractivity contribution >= 4 is 21.8 Å². The third-order valence-electron chi connectivity index (χ3n) is 5.09. The van der Waals surface area contributed by atoms with Crippen molar-refractivity contribution < 1.29 is 17.9 Å². The van der Waals surface area contributed by atoms with E-state index < -0.39 is 21.5 Å². The number of nitrogens with two attached hydrogens (primary N) is 1. The lowest BCUT2D eigenvalue weighted by Crippen LogP contribution is -2.36. The molecule has 1 aromatic heterocycles. The molecule has 1 amide bonds. The van der Waals surface area contributed by atoms with Gasteiger partial charge in [0.05, 0.1) is 18.4 Å². The number of sulfonamides is 1. The normalized spacial score (nSPS) is 11.0. The van der Waals surface area contributed by atoms with E-state index in [-0.39, 0.29) is 29.3 Å². The maximum Gasteiger partial charge on any atom is 0.275 e. The summed E-state index contributed by atoms with van der Waals surface area (Å²) in [5, 5.41) is 10.1. The summed E-state index contributed by atoms with van der Waals surface area (Å²) in [6, 6.07) is 14.2. The number of carbonyl (C=O) groups excluding carboxylic acids is 1. The van der Waals surface area contributed by atoms with Crippen molar-refractivity contribution in [2.75, 3.05) is 11.9 Å². The van der Waals surface area contributed by atoms with Crippen LogP contribution >= 0.6 is 0 Å². The zero-order valence-corrected chi connectivity index (χ0v) is 19.5. The molecule has 0 radical (unpaired) electrons. The average molecular weight is 484 g/mol. The minimum Gasteiger partial charge on any atom is -0.497 e. The fourth-order valence-corrected chi connectivity index (χ4v) is 4.17. The molecule has 0 aliphatic heterocycles. The third-order valence-corrected chi connectivity index (χ3v) is 6.40. The summed E-state index contributed by atoms with van der Waals surface area (Å²) in [7, 11) is -2.66. The van der Waals surface area contributed by atoms with Gasteiger partial charge in [-0.25, -0.2) is 9.51 Å². The summed E-state index contributed by atoms with van der Waals surface area (Å²) >= 11 is 0. The van der Waals surface area contributed by atoms with E-state index in [9.17, 15) is 18.0 Å². The van der Waals surface area contributed by atoms with Crippen LogP contribution < -0.4 is 26.2 Å². The van der Waals surface area contributed by atoms with Crippen molar-refractivity contribution in [2.24, 2.45) is 5.73 Å². The van der Waals surface area contributed by atoms with Crippen LogP contribution in [0.4, 0.5) is 0 Å². The molecule has 0 atom stereocenters. The van der Waals surface area contributed by atoms with Gasteiger partial charge in [0.15, 0.2) is 0 Å². The van der Waals surface area contributed by atoms with Crippen LogP contribution in [-0.4, -0.2) is 31.9 Å². The third kappa shape index (κ3) is 5.81. The summed E-state index contributed by atoms with van der Waals surface area (Å²) in [6.07, 6.45) is 1.07. The maximum atomic E-state index is 12.9. The molecule has 0 aliphatic rings. The molecular formula is C23H25N5O5S. The number of hydrogen-bond donors (Lipinski definition) is 4. The van der Waals surface area contributed by atoms with E-state index in [2.05, 4.69) is 10.1 Å². The number of ether oxygens (including phenoxy) is 1. The number of nitrogens with zero attached hydrogens (tertiary/aromatic N) is 1. The Kier molecular flexibility index (Phi) is 7.37. The van der Waals surface area contributed by atoms with Gasteiger partial charge >= 0.3 is 0 Å². The molecule has 3 rings (SSSR count). The molecule has 0 spiro atoms. The molecule has 0 unspecified atom stereocenters. The number of amidine groups is 1. The summed E-state index contributed by atoms with van der Waals surface area (Å²) < 4.78 is 31.4. The zero-order valence-electron chi connectivity index (χ0n) is 18.7. The van der Waals surface area contributed by atoms with Crippen LogP contribution in [0.3, 0.4) is 0 Å². The van der Waals surface area contributed by atoms with Gasteiger partial charge in [-0.05, 0) is 36.2 Å². The molecule has 34 heavy (non-hydrogen) atoms. The number of pyridine rings is 1. The first-order chi connectivity index (χ1) is 16.1. The molecule has 0 saturated carbocycles. The van der Waals surface area contributed by atoms with Gasteiger partial charge in [0, 0.05) is 29.9 Å². The van der Waals surface area contributed by atoms with E-state index in [1.54, 1.807) is 43.3 Å². The van der Waals surface area contributed by atoms with Crippen molar-refractivity contribution in [3.8, 4) is 5.75 Å². The second kappa shape index (κ2) is 10.2. The highest BCUT2D eigenvalue weighted by atomic mass is 32.2. The number of benzene rings is 2. The number of rotatable bonds is 9. The molecule has 1 heterocycles. The topological polar surface area (TPSA) is 156 Å². The van der Waals surface area contributed by atoms with Gasteiger partial charge in [-0.2, -0.15) is 8.42 Å². The second-order valence-corrected chi connectivity index (χ2v) is 9.15. The maximum absolute atomic E-state index is 12.9. The van der Waals surface area contributed by atoms with E-state index in [0.29, 0.717) is 16.9 Å². The van der Waals surface area contributed by atoms with Crippen LogP contribution in [0.5, 0.6) is 5.75 Å². The van der Waals surface area contributed by atoms with Crippen LogP contribution in [0.2, 0.25) is 0 Å². The first-order valence-corrected chi connectivity index (χ1v) is 11.7. The van der Waals surface area contributed by atoms with Crippen molar-refractivity contribution in [3.63, 3.8) is 0 Å². The highest BCUT2D eigenvalue weighted by Gasteiger charge is 2.18. The van der Waals surface area contributed by atoms with Gasteiger partial charge in [0.1, 0.15) is 11.6 Å². The Morgan fingerprint density at radius 3 is 2.50 bits per heavy atom. The number of amides is 1. The molecule has 5 N–H and O–H groups in total. The lowest BCUT2D eigenvalue weighted by atomic mass is 10.1. The highest BCUT2D eigenvalue weighted by molar-refractivity contribution is 7.92. The number of carbonyl (C=O) groups is 1. The van der Waals surface area contributed by atoms with Gasteiger partial charge in [-0.15, -0.1) is 0 Å². The number of nitrogen functional groups attached to an aromatic ring is 1. The van der Waals surface area contributed by atoms with Gasteiger partial charge in [0.2, 0.25) is 5.91 Å². The number of methoxy groups -OCH3 is 1. The zero-order chi connectivity index (χ0) is 24.9. The largest absolute Gasteiger partial charge is 0.497 e. The summed E-state index contributed by atoms with van der Waals surface area (Å²) in [4.78, 5) is 27.6. The average Bonchev–Trinajstić information content (AvgIpc) is 2.82. The Hall–Kier alpha value is -4.12. The Balaban J connectivity index is 1.74. The lowest BCUT2D eigenvalue weighted by molar-refractivity contribution is -0.120. The summed E-state index contributed by atoms with van der Waals surface area (Å²) in [5.74, 6) is -0.0925. The molecule has 11 heteroatoms. The molecule has 3 aromatic rings. The first kappa shape index (κ1) is 24.5. The Morgan fingerprint density at radius 2 is 1.85 bits per heavy atom. The molecule has 178 valence electrons. The number of hydrogen-bond acceptors (Lipinski definition) is 6. The Labute approximate surface area is 196 Å². The van der Waals surface area contributed by atoms with E-state index >= 15 is 0 Å². The molecule has 10 nitrogen and oxygen atoms in total. The standard InChI is InChI=1S/C23H25N5O5S/c1-15-10-11-28(27-34(31,32)19-5-3-4-18(12-19)33-2)23(30)20(15)13-21(29)26-14-16-6-8-17(9-7-16)22(24)25/h3-12,27H,13-14H2,1-2H3,(H3,24,25)(H,26,29).